The van der Waals surface area contributed by atoms with E-state index in [0.717, 1.165) is 37.9 Å². The number of hydrogen-bond donors (Lipinski definition) is 1. The molecule has 0 saturated carbocycles. The standard InChI is InChI=1S/C14H17ClN2O2/c15-12-2-1-3-13(11(12)9-18)17-6-4-10(5-7-17)8-14(16)19/h1-3,9-10H,4-8H2,(H2,16,19). The minimum absolute atomic E-state index is 0.241. The largest absolute Gasteiger partial charge is 0.371 e. The normalized spacial score (nSPS) is 16.4. The lowest BCUT2D eigenvalue weighted by atomic mass is 9.92. The first kappa shape index (κ1) is 13.9. The van der Waals surface area contributed by atoms with Gasteiger partial charge in [0.2, 0.25) is 5.91 Å². The fourth-order valence-electron chi connectivity index (χ4n) is 2.58. The van der Waals surface area contributed by atoms with Gasteiger partial charge in [-0.3, -0.25) is 9.59 Å². The average Bonchev–Trinajstić information content (AvgIpc) is 2.38. The van der Waals surface area contributed by atoms with Crippen LogP contribution in [0.25, 0.3) is 0 Å². The molecule has 0 bridgehead atoms. The summed E-state index contributed by atoms with van der Waals surface area (Å²) in [5.74, 6) is 0.113. The Morgan fingerprint density at radius 2 is 2.11 bits per heavy atom. The van der Waals surface area contributed by atoms with E-state index in [1.807, 2.05) is 12.1 Å². The molecule has 1 fully saturated rings. The second kappa shape index (κ2) is 6.06. The molecule has 1 aliphatic rings. The fourth-order valence-corrected chi connectivity index (χ4v) is 2.79. The number of carbonyl (C=O) groups is 2. The molecule has 1 amide bonds. The Bertz CT molecular complexity index is 482. The summed E-state index contributed by atoms with van der Waals surface area (Å²) in [4.78, 5) is 24.2. The fraction of sp³-hybridized carbons (Fsp3) is 0.429. The lowest BCUT2D eigenvalue weighted by molar-refractivity contribution is -0.119. The van der Waals surface area contributed by atoms with Gasteiger partial charge >= 0.3 is 0 Å². The maximum Gasteiger partial charge on any atom is 0.217 e. The second-order valence-electron chi connectivity index (χ2n) is 4.89. The minimum atomic E-state index is -0.241. The Labute approximate surface area is 117 Å². The molecule has 1 aromatic rings. The molecule has 1 saturated heterocycles. The predicted octanol–water partition coefficient (Wildman–Crippen LogP) is 2.24. The molecule has 2 N–H and O–H groups in total. The number of aldehydes is 1. The monoisotopic (exact) mass is 280 g/mol. The molecular formula is C14H17ClN2O2. The summed E-state index contributed by atoms with van der Waals surface area (Å²) in [6, 6.07) is 5.47. The van der Waals surface area contributed by atoms with Crippen LogP contribution in [-0.4, -0.2) is 25.3 Å². The Hall–Kier alpha value is -1.55. The molecule has 1 heterocycles. The van der Waals surface area contributed by atoms with E-state index in [1.54, 1.807) is 6.07 Å². The van der Waals surface area contributed by atoms with Crippen molar-refractivity contribution in [2.75, 3.05) is 18.0 Å². The SMILES string of the molecule is NC(=O)CC1CCN(c2cccc(Cl)c2C=O)CC1. The van der Waals surface area contributed by atoms with Crippen LogP contribution in [0.3, 0.4) is 0 Å². The number of halogens is 1. The molecule has 0 aliphatic carbocycles. The number of benzene rings is 1. The average molecular weight is 281 g/mol. The van der Waals surface area contributed by atoms with Gasteiger partial charge in [0.15, 0.2) is 6.29 Å². The van der Waals surface area contributed by atoms with E-state index in [-0.39, 0.29) is 5.91 Å². The molecule has 102 valence electrons. The molecular weight excluding hydrogens is 264 g/mol. The van der Waals surface area contributed by atoms with E-state index in [9.17, 15) is 9.59 Å². The quantitative estimate of drug-likeness (QED) is 0.861. The molecule has 0 spiro atoms. The van der Waals surface area contributed by atoms with E-state index in [1.165, 1.54) is 0 Å². The Balaban J connectivity index is 2.07. The summed E-state index contributed by atoms with van der Waals surface area (Å²) in [7, 11) is 0. The van der Waals surface area contributed by atoms with E-state index < -0.39 is 0 Å². The van der Waals surface area contributed by atoms with Crippen LogP contribution in [0.5, 0.6) is 0 Å². The third-order valence-electron chi connectivity index (χ3n) is 3.59. The van der Waals surface area contributed by atoms with Crippen molar-refractivity contribution in [3.05, 3.63) is 28.8 Å². The summed E-state index contributed by atoms with van der Waals surface area (Å²) in [5, 5.41) is 0.478. The van der Waals surface area contributed by atoms with Gasteiger partial charge in [-0.25, -0.2) is 0 Å². The molecule has 4 nitrogen and oxygen atoms in total. The van der Waals surface area contributed by atoms with E-state index in [2.05, 4.69) is 4.90 Å². The summed E-state index contributed by atoms with van der Waals surface area (Å²) in [6.07, 6.45) is 3.07. The van der Waals surface area contributed by atoms with E-state index in [4.69, 9.17) is 17.3 Å². The minimum Gasteiger partial charge on any atom is -0.371 e. The van der Waals surface area contributed by atoms with Crippen LogP contribution in [-0.2, 0) is 4.79 Å². The van der Waals surface area contributed by atoms with Crippen molar-refractivity contribution >= 4 is 29.5 Å². The van der Waals surface area contributed by atoms with Crippen molar-refractivity contribution < 1.29 is 9.59 Å². The van der Waals surface area contributed by atoms with Gasteiger partial charge in [0.05, 0.1) is 10.6 Å². The third-order valence-corrected chi connectivity index (χ3v) is 3.92. The summed E-state index contributed by atoms with van der Waals surface area (Å²) in [6.45, 7) is 1.64. The number of nitrogens with zero attached hydrogens (tertiary/aromatic N) is 1. The third kappa shape index (κ3) is 3.26. The number of hydrogen-bond acceptors (Lipinski definition) is 3. The Morgan fingerprint density at radius 1 is 1.42 bits per heavy atom. The van der Waals surface area contributed by atoms with Crippen LogP contribution in [0, 0.1) is 5.92 Å². The number of nitrogens with two attached hydrogens (primary N) is 1. The molecule has 0 aromatic heterocycles. The highest BCUT2D eigenvalue weighted by molar-refractivity contribution is 6.33. The van der Waals surface area contributed by atoms with Crippen molar-refractivity contribution in [2.24, 2.45) is 11.7 Å². The van der Waals surface area contributed by atoms with Crippen LogP contribution in [0.1, 0.15) is 29.6 Å². The zero-order valence-electron chi connectivity index (χ0n) is 10.6. The maximum absolute atomic E-state index is 11.1. The first-order valence-electron chi connectivity index (χ1n) is 6.38. The van der Waals surface area contributed by atoms with Crippen molar-refractivity contribution in [2.45, 2.75) is 19.3 Å². The molecule has 19 heavy (non-hydrogen) atoms. The summed E-state index contributed by atoms with van der Waals surface area (Å²) < 4.78 is 0. The number of rotatable bonds is 4. The highest BCUT2D eigenvalue weighted by atomic mass is 35.5. The number of carbonyl (C=O) groups excluding carboxylic acids is 2. The van der Waals surface area contributed by atoms with Gasteiger partial charge in [-0.15, -0.1) is 0 Å². The smallest absolute Gasteiger partial charge is 0.217 e. The number of amides is 1. The predicted molar refractivity (Wildman–Crippen MR) is 75.6 cm³/mol. The van der Waals surface area contributed by atoms with Gasteiger partial charge in [0.25, 0.3) is 0 Å². The number of anilines is 1. The molecule has 2 rings (SSSR count). The molecule has 1 aliphatic heterocycles. The number of primary amides is 1. The van der Waals surface area contributed by atoms with Gasteiger partial charge in [0, 0.05) is 25.2 Å². The highest BCUT2D eigenvalue weighted by Crippen LogP contribution is 2.30. The van der Waals surface area contributed by atoms with Crippen molar-refractivity contribution in [1.29, 1.82) is 0 Å². The Morgan fingerprint density at radius 3 is 2.68 bits per heavy atom. The van der Waals surface area contributed by atoms with Crippen molar-refractivity contribution in [3.63, 3.8) is 0 Å². The summed E-state index contributed by atoms with van der Waals surface area (Å²) >= 11 is 6.03. The van der Waals surface area contributed by atoms with Crippen molar-refractivity contribution in [1.82, 2.24) is 0 Å². The van der Waals surface area contributed by atoms with Crippen LogP contribution in [0.2, 0.25) is 5.02 Å². The molecule has 5 heteroatoms. The zero-order chi connectivity index (χ0) is 13.8. The molecule has 0 unspecified atom stereocenters. The molecule has 1 aromatic carbocycles. The summed E-state index contributed by atoms with van der Waals surface area (Å²) in [5.41, 5.74) is 6.63. The lowest BCUT2D eigenvalue weighted by Gasteiger charge is -2.34. The van der Waals surface area contributed by atoms with Gasteiger partial charge < -0.3 is 10.6 Å². The van der Waals surface area contributed by atoms with Gasteiger partial charge in [-0.1, -0.05) is 17.7 Å². The van der Waals surface area contributed by atoms with Gasteiger partial charge in [-0.05, 0) is 30.9 Å². The van der Waals surface area contributed by atoms with Crippen molar-refractivity contribution in [3.8, 4) is 0 Å². The number of piperidine rings is 1. The Kier molecular flexibility index (Phi) is 4.43. The van der Waals surface area contributed by atoms with Crippen LogP contribution in [0.15, 0.2) is 18.2 Å². The zero-order valence-corrected chi connectivity index (χ0v) is 11.4. The van der Waals surface area contributed by atoms with Gasteiger partial charge in [-0.2, -0.15) is 0 Å². The highest BCUT2D eigenvalue weighted by Gasteiger charge is 2.22. The second-order valence-corrected chi connectivity index (χ2v) is 5.30. The van der Waals surface area contributed by atoms with Crippen LogP contribution >= 0.6 is 11.6 Å². The van der Waals surface area contributed by atoms with E-state index in [0.29, 0.717) is 22.9 Å². The van der Waals surface area contributed by atoms with Gasteiger partial charge in [0.1, 0.15) is 0 Å². The van der Waals surface area contributed by atoms with E-state index >= 15 is 0 Å². The maximum atomic E-state index is 11.1. The molecule has 0 atom stereocenters. The van der Waals surface area contributed by atoms with Crippen LogP contribution in [0.4, 0.5) is 5.69 Å². The topological polar surface area (TPSA) is 63.4 Å². The molecule has 0 radical (unpaired) electrons. The first-order valence-corrected chi connectivity index (χ1v) is 6.76. The first-order chi connectivity index (χ1) is 9.11. The lowest BCUT2D eigenvalue weighted by Crippen LogP contribution is -2.35. The van der Waals surface area contributed by atoms with Crippen LogP contribution < -0.4 is 10.6 Å².